The molecule has 0 radical (unpaired) electrons. The van der Waals surface area contributed by atoms with Crippen LogP contribution in [0, 0.1) is 0 Å². The Hall–Kier alpha value is -1.36. The van der Waals surface area contributed by atoms with E-state index in [1.165, 1.54) is 12.8 Å². The van der Waals surface area contributed by atoms with E-state index in [9.17, 15) is 0 Å². The average molecular weight is 250 g/mol. The standard InChI is InChI=1S/C13H22N4O/c1-10(2)18-13-8-15-7-12(16-13)17-6-4-5-11(9-17)14-3/h7-8,10-11,14H,4-6,9H2,1-3H3. The van der Waals surface area contributed by atoms with E-state index < -0.39 is 0 Å². The van der Waals surface area contributed by atoms with Crippen molar-refractivity contribution in [3.8, 4) is 5.88 Å². The second-order valence-corrected chi connectivity index (χ2v) is 4.96. The number of hydrogen-bond donors (Lipinski definition) is 1. The Kier molecular flexibility index (Phi) is 4.36. The average Bonchev–Trinajstić information content (AvgIpc) is 2.38. The zero-order valence-corrected chi connectivity index (χ0v) is 11.4. The number of aromatic nitrogens is 2. The van der Waals surface area contributed by atoms with Crippen molar-refractivity contribution in [1.82, 2.24) is 15.3 Å². The molecule has 1 aromatic rings. The van der Waals surface area contributed by atoms with Crippen LogP contribution in [0.3, 0.4) is 0 Å². The minimum atomic E-state index is 0.126. The van der Waals surface area contributed by atoms with E-state index in [0.717, 1.165) is 18.9 Å². The predicted octanol–water partition coefficient (Wildman–Crippen LogP) is 1.45. The molecule has 2 heterocycles. The van der Waals surface area contributed by atoms with Gasteiger partial charge in [0.05, 0.1) is 18.5 Å². The minimum absolute atomic E-state index is 0.126. The third kappa shape index (κ3) is 3.32. The molecule has 5 nitrogen and oxygen atoms in total. The molecule has 100 valence electrons. The summed E-state index contributed by atoms with van der Waals surface area (Å²) in [7, 11) is 2.01. The van der Waals surface area contributed by atoms with Crippen molar-refractivity contribution in [2.75, 3.05) is 25.0 Å². The summed E-state index contributed by atoms with van der Waals surface area (Å²) < 4.78 is 5.58. The lowest BCUT2D eigenvalue weighted by molar-refractivity contribution is 0.231. The van der Waals surface area contributed by atoms with E-state index >= 15 is 0 Å². The van der Waals surface area contributed by atoms with Crippen LogP contribution < -0.4 is 15.0 Å². The van der Waals surface area contributed by atoms with Crippen LogP contribution in [0.1, 0.15) is 26.7 Å². The second kappa shape index (κ2) is 6.00. The third-order valence-electron chi connectivity index (χ3n) is 3.11. The van der Waals surface area contributed by atoms with Gasteiger partial charge in [0, 0.05) is 19.1 Å². The van der Waals surface area contributed by atoms with Crippen LogP contribution in [-0.4, -0.2) is 42.3 Å². The van der Waals surface area contributed by atoms with E-state index in [-0.39, 0.29) is 6.10 Å². The Balaban J connectivity index is 2.07. The van der Waals surface area contributed by atoms with Crippen LogP contribution in [-0.2, 0) is 0 Å². The lowest BCUT2D eigenvalue weighted by Gasteiger charge is -2.33. The highest BCUT2D eigenvalue weighted by Gasteiger charge is 2.20. The van der Waals surface area contributed by atoms with Gasteiger partial charge in [-0.15, -0.1) is 0 Å². The molecule has 1 N–H and O–H groups in total. The van der Waals surface area contributed by atoms with Gasteiger partial charge in [-0.2, -0.15) is 4.98 Å². The van der Waals surface area contributed by atoms with E-state index in [0.29, 0.717) is 11.9 Å². The van der Waals surface area contributed by atoms with Crippen molar-refractivity contribution < 1.29 is 4.74 Å². The van der Waals surface area contributed by atoms with Gasteiger partial charge in [-0.05, 0) is 33.7 Å². The first-order chi connectivity index (χ1) is 8.69. The van der Waals surface area contributed by atoms with Gasteiger partial charge in [0.15, 0.2) is 5.82 Å². The number of nitrogens with zero attached hydrogens (tertiary/aromatic N) is 3. The molecule has 0 aliphatic carbocycles. The number of anilines is 1. The van der Waals surface area contributed by atoms with Gasteiger partial charge in [-0.1, -0.05) is 0 Å². The molecular formula is C13H22N4O. The van der Waals surface area contributed by atoms with Gasteiger partial charge < -0.3 is 15.0 Å². The largest absolute Gasteiger partial charge is 0.474 e. The van der Waals surface area contributed by atoms with Gasteiger partial charge in [-0.25, -0.2) is 0 Å². The summed E-state index contributed by atoms with van der Waals surface area (Å²) in [5.41, 5.74) is 0. The smallest absolute Gasteiger partial charge is 0.234 e. The minimum Gasteiger partial charge on any atom is -0.474 e. The van der Waals surface area contributed by atoms with Crippen molar-refractivity contribution in [3.05, 3.63) is 12.4 Å². The second-order valence-electron chi connectivity index (χ2n) is 4.96. The summed E-state index contributed by atoms with van der Waals surface area (Å²) in [5.74, 6) is 1.52. The Morgan fingerprint density at radius 1 is 1.44 bits per heavy atom. The molecule has 18 heavy (non-hydrogen) atoms. The Labute approximate surface area is 109 Å². The highest BCUT2D eigenvalue weighted by molar-refractivity contribution is 5.38. The van der Waals surface area contributed by atoms with E-state index in [2.05, 4.69) is 20.2 Å². The van der Waals surface area contributed by atoms with Crippen molar-refractivity contribution in [2.45, 2.75) is 38.8 Å². The van der Waals surface area contributed by atoms with Crippen LogP contribution in [0.5, 0.6) is 5.88 Å². The summed E-state index contributed by atoms with van der Waals surface area (Å²) in [5, 5.41) is 3.33. The number of likely N-dealkylation sites (N-methyl/N-ethyl adjacent to an activating group) is 1. The number of piperidine rings is 1. The Bertz CT molecular complexity index is 383. The zero-order valence-electron chi connectivity index (χ0n) is 11.4. The predicted molar refractivity (Wildman–Crippen MR) is 72.1 cm³/mol. The normalized spacial score (nSPS) is 20.2. The lowest BCUT2D eigenvalue weighted by Crippen LogP contribution is -2.44. The first kappa shape index (κ1) is 13.1. The summed E-state index contributed by atoms with van der Waals surface area (Å²) >= 11 is 0. The molecule has 0 spiro atoms. The van der Waals surface area contributed by atoms with Gasteiger partial charge in [-0.3, -0.25) is 4.98 Å². The summed E-state index contributed by atoms with van der Waals surface area (Å²) in [4.78, 5) is 11.0. The fraction of sp³-hybridized carbons (Fsp3) is 0.692. The molecule has 1 saturated heterocycles. The summed E-state index contributed by atoms with van der Waals surface area (Å²) in [6, 6.07) is 0.537. The fourth-order valence-electron chi connectivity index (χ4n) is 2.21. The monoisotopic (exact) mass is 250 g/mol. The highest BCUT2D eigenvalue weighted by Crippen LogP contribution is 2.19. The van der Waals surface area contributed by atoms with Crippen molar-refractivity contribution in [2.24, 2.45) is 0 Å². The molecule has 1 fully saturated rings. The van der Waals surface area contributed by atoms with Crippen molar-refractivity contribution >= 4 is 5.82 Å². The number of hydrogen-bond acceptors (Lipinski definition) is 5. The van der Waals surface area contributed by atoms with Gasteiger partial charge >= 0.3 is 0 Å². The van der Waals surface area contributed by atoms with Crippen LogP contribution in [0.2, 0.25) is 0 Å². The molecule has 2 rings (SSSR count). The number of ether oxygens (including phenoxy) is 1. The lowest BCUT2D eigenvalue weighted by atomic mass is 10.1. The molecule has 0 aromatic carbocycles. The first-order valence-corrected chi connectivity index (χ1v) is 6.60. The maximum Gasteiger partial charge on any atom is 0.234 e. The molecule has 0 amide bonds. The van der Waals surface area contributed by atoms with Crippen LogP contribution >= 0.6 is 0 Å². The summed E-state index contributed by atoms with van der Waals surface area (Å²) in [6.45, 7) is 6.01. The van der Waals surface area contributed by atoms with Crippen LogP contribution in [0.15, 0.2) is 12.4 Å². The molecule has 1 aliphatic heterocycles. The van der Waals surface area contributed by atoms with Gasteiger partial charge in [0.1, 0.15) is 0 Å². The van der Waals surface area contributed by atoms with Gasteiger partial charge in [0.25, 0.3) is 0 Å². The highest BCUT2D eigenvalue weighted by atomic mass is 16.5. The van der Waals surface area contributed by atoms with E-state index in [4.69, 9.17) is 4.74 Å². The maximum absolute atomic E-state index is 5.58. The van der Waals surface area contributed by atoms with E-state index in [1.807, 2.05) is 27.1 Å². The topological polar surface area (TPSA) is 50.3 Å². The molecule has 1 atom stereocenters. The molecule has 1 aromatic heterocycles. The zero-order chi connectivity index (χ0) is 13.0. The molecule has 1 unspecified atom stereocenters. The fourth-order valence-corrected chi connectivity index (χ4v) is 2.21. The Morgan fingerprint density at radius 3 is 3.00 bits per heavy atom. The maximum atomic E-state index is 5.58. The molecular weight excluding hydrogens is 228 g/mol. The van der Waals surface area contributed by atoms with Crippen LogP contribution in [0.25, 0.3) is 0 Å². The third-order valence-corrected chi connectivity index (χ3v) is 3.11. The molecule has 5 heteroatoms. The first-order valence-electron chi connectivity index (χ1n) is 6.60. The van der Waals surface area contributed by atoms with Gasteiger partial charge in [0.2, 0.25) is 5.88 Å². The number of rotatable bonds is 4. The quantitative estimate of drug-likeness (QED) is 0.876. The summed E-state index contributed by atoms with van der Waals surface area (Å²) in [6.07, 6.45) is 6.01. The van der Waals surface area contributed by atoms with Crippen molar-refractivity contribution in [3.63, 3.8) is 0 Å². The SMILES string of the molecule is CNC1CCCN(c2cncc(OC(C)C)n2)C1. The molecule has 0 saturated carbocycles. The van der Waals surface area contributed by atoms with Crippen molar-refractivity contribution in [1.29, 1.82) is 0 Å². The number of nitrogens with one attached hydrogen (secondary N) is 1. The Morgan fingerprint density at radius 2 is 2.28 bits per heavy atom. The van der Waals surface area contributed by atoms with Crippen LogP contribution in [0.4, 0.5) is 5.82 Å². The molecule has 1 aliphatic rings. The van der Waals surface area contributed by atoms with E-state index in [1.54, 1.807) is 6.20 Å². The molecule has 0 bridgehead atoms.